The van der Waals surface area contributed by atoms with E-state index in [1.807, 2.05) is 0 Å². The van der Waals surface area contributed by atoms with Gasteiger partial charge in [-0.05, 0) is 25.6 Å². The van der Waals surface area contributed by atoms with Crippen LogP contribution in [0.4, 0.5) is 0 Å². The molecule has 0 aliphatic carbocycles. The van der Waals surface area contributed by atoms with Crippen molar-refractivity contribution in [2.45, 2.75) is 26.0 Å². The molecule has 1 aliphatic heterocycles. The SMILES string of the molecule is CC1OCCC1Cn1c(=S)[nH]c2cncc(Cl)c21. The molecule has 1 aliphatic rings. The lowest BCUT2D eigenvalue weighted by Crippen LogP contribution is -2.18. The molecule has 3 heterocycles. The number of aromatic nitrogens is 3. The zero-order valence-corrected chi connectivity index (χ0v) is 11.6. The summed E-state index contributed by atoms with van der Waals surface area (Å²) in [5.74, 6) is 0.486. The number of nitrogens with one attached hydrogen (secondary N) is 1. The van der Waals surface area contributed by atoms with Crippen molar-refractivity contribution in [1.29, 1.82) is 0 Å². The fraction of sp³-hybridized carbons (Fsp3) is 0.500. The summed E-state index contributed by atoms with van der Waals surface area (Å²) >= 11 is 11.6. The first-order valence-corrected chi connectivity index (χ1v) is 6.79. The average Bonchev–Trinajstić information content (AvgIpc) is 2.86. The van der Waals surface area contributed by atoms with Gasteiger partial charge in [0.1, 0.15) is 0 Å². The average molecular weight is 284 g/mol. The molecule has 18 heavy (non-hydrogen) atoms. The van der Waals surface area contributed by atoms with Crippen LogP contribution in [0, 0.1) is 10.7 Å². The standard InChI is InChI=1S/C12H14ClN3OS/c1-7-8(2-3-17-7)6-16-11-9(13)4-14-5-10(11)15-12(16)18/h4-5,7-8H,2-3,6H2,1H3,(H,15,18). The Bertz CT molecular complexity index is 636. The maximum Gasteiger partial charge on any atom is 0.178 e. The van der Waals surface area contributed by atoms with Crippen LogP contribution in [0.3, 0.4) is 0 Å². The van der Waals surface area contributed by atoms with Gasteiger partial charge in [0, 0.05) is 25.3 Å². The topological polar surface area (TPSA) is 42.8 Å². The van der Waals surface area contributed by atoms with E-state index >= 15 is 0 Å². The number of aromatic amines is 1. The van der Waals surface area contributed by atoms with E-state index in [0.717, 1.165) is 30.6 Å². The van der Waals surface area contributed by atoms with E-state index in [4.69, 9.17) is 28.6 Å². The van der Waals surface area contributed by atoms with Crippen LogP contribution < -0.4 is 0 Å². The van der Waals surface area contributed by atoms with Crippen LogP contribution in [-0.2, 0) is 11.3 Å². The lowest BCUT2D eigenvalue weighted by molar-refractivity contribution is 0.102. The Balaban J connectivity index is 2.06. The first kappa shape index (κ1) is 12.1. The zero-order chi connectivity index (χ0) is 12.7. The van der Waals surface area contributed by atoms with Gasteiger partial charge in [0.2, 0.25) is 0 Å². The number of rotatable bonds is 2. The molecule has 6 heteroatoms. The van der Waals surface area contributed by atoms with Gasteiger partial charge in [-0.25, -0.2) is 0 Å². The third-order valence-corrected chi connectivity index (χ3v) is 4.18. The van der Waals surface area contributed by atoms with Gasteiger partial charge in [-0.15, -0.1) is 0 Å². The minimum atomic E-state index is 0.275. The summed E-state index contributed by atoms with van der Waals surface area (Å²) in [6.07, 6.45) is 4.75. The summed E-state index contributed by atoms with van der Waals surface area (Å²) in [6.45, 7) is 3.78. The molecule has 1 fully saturated rings. The Kier molecular flexibility index (Phi) is 3.13. The molecule has 0 saturated carbocycles. The molecule has 1 N–H and O–H groups in total. The number of hydrogen-bond acceptors (Lipinski definition) is 3. The van der Waals surface area contributed by atoms with Gasteiger partial charge in [-0.2, -0.15) is 0 Å². The number of ether oxygens (including phenoxy) is 1. The van der Waals surface area contributed by atoms with Gasteiger partial charge in [0.05, 0.1) is 28.4 Å². The van der Waals surface area contributed by atoms with Gasteiger partial charge in [0.15, 0.2) is 4.77 Å². The maximum absolute atomic E-state index is 6.22. The number of H-pyrrole nitrogens is 1. The molecule has 1 saturated heterocycles. The van der Waals surface area contributed by atoms with E-state index in [0.29, 0.717) is 15.7 Å². The molecule has 2 aromatic heterocycles. The Morgan fingerprint density at radius 3 is 3.17 bits per heavy atom. The highest BCUT2D eigenvalue weighted by molar-refractivity contribution is 7.71. The van der Waals surface area contributed by atoms with Crippen LogP contribution in [0.15, 0.2) is 12.4 Å². The van der Waals surface area contributed by atoms with Gasteiger partial charge in [0.25, 0.3) is 0 Å². The first-order valence-electron chi connectivity index (χ1n) is 6.00. The molecule has 2 atom stereocenters. The van der Waals surface area contributed by atoms with Crippen LogP contribution in [0.2, 0.25) is 5.02 Å². The highest BCUT2D eigenvalue weighted by Crippen LogP contribution is 2.27. The second-order valence-corrected chi connectivity index (χ2v) is 5.48. The van der Waals surface area contributed by atoms with Gasteiger partial charge in [-0.1, -0.05) is 11.6 Å². The van der Waals surface area contributed by atoms with Crippen LogP contribution in [0.1, 0.15) is 13.3 Å². The third-order valence-electron chi connectivity index (χ3n) is 3.58. The number of hydrogen-bond donors (Lipinski definition) is 1. The third kappa shape index (κ3) is 1.96. The van der Waals surface area contributed by atoms with E-state index in [2.05, 4.69) is 21.5 Å². The zero-order valence-electron chi connectivity index (χ0n) is 10.0. The highest BCUT2D eigenvalue weighted by Gasteiger charge is 2.25. The van der Waals surface area contributed by atoms with Crippen molar-refractivity contribution < 1.29 is 4.74 Å². The molecule has 3 rings (SSSR count). The van der Waals surface area contributed by atoms with Gasteiger partial charge in [-0.3, -0.25) is 4.98 Å². The second kappa shape index (κ2) is 4.64. The fourth-order valence-corrected chi connectivity index (χ4v) is 3.04. The minimum Gasteiger partial charge on any atom is -0.378 e. The maximum atomic E-state index is 6.22. The summed E-state index contributed by atoms with van der Waals surface area (Å²) < 4.78 is 8.35. The lowest BCUT2D eigenvalue weighted by Gasteiger charge is -2.15. The highest BCUT2D eigenvalue weighted by atomic mass is 35.5. The van der Waals surface area contributed by atoms with Crippen molar-refractivity contribution in [3.63, 3.8) is 0 Å². The molecule has 4 nitrogen and oxygen atoms in total. The summed E-state index contributed by atoms with van der Waals surface area (Å²) in [4.78, 5) is 7.21. The number of fused-ring (bicyclic) bond motifs is 1. The van der Waals surface area contributed by atoms with Crippen LogP contribution >= 0.6 is 23.8 Å². The Morgan fingerprint density at radius 2 is 2.44 bits per heavy atom. The Hall–Kier alpha value is -0.910. The minimum absolute atomic E-state index is 0.275. The van der Waals surface area contributed by atoms with Crippen molar-refractivity contribution in [2.24, 2.45) is 5.92 Å². The normalized spacial score (nSPS) is 23.9. The molecule has 0 radical (unpaired) electrons. The summed E-state index contributed by atoms with van der Waals surface area (Å²) in [5, 5.41) is 0.631. The monoisotopic (exact) mass is 283 g/mol. The van der Waals surface area contributed by atoms with Crippen LogP contribution in [0.5, 0.6) is 0 Å². The molecule has 2 aromatic rings. The molecule has 0 amide bonds. The van der Waals surface area contributed by atoms with Gasteiger partial charge >= 0.3 is 0 Å². The van der Waals surface area contributed by atoms with E-state index in [1.54, 1.807) is 12.4 Å². The molecule has 0 bridgehead atoms. The predicted molar refractivity (Wildman–Crippen MR) is 73.4 cm³/mol. The summed E-state index contributed by atoms with van der Waals surface area (Å²) in [6, 6.07) is 0. The van der Waals surface area contributed by atoms with Crippen molar-refractivity contribution in [2.75, 3.05) is 6.61 Å². The van der Waals surface area contributed by atoms with E-state index in [9.17, 15) is 0 Å². The van der Waals surface area contributed by atoms with E-state index in [-0.39, 0.29) is 6.10 Å². The largest absolute Gasteiger partial charge is 0.378 e. The second-order valence-electron chi connectivity index (χ2n) is 4.68. The molecule has 0 aromatic carbocycles. The Morgan fingerprint density at radius 1 is 1.61 bits per heavy atom. The van der Waals surface area contributed by atoms with Crippen LogP contribution in [-0.4, -0.2) is 27.2 Å². The van der Waals surface area contributed by atoms with E-state index in [1.165, 1.54) is 0 Å². The Labute approximate surface area is 115 Å². The summed E-state index contributed by atoms with van der Waals surface area (Å²) in [5.41, 5.74) is 1.83. The van der Waals surface area contributed by atoms with Crippen molar-refractivity contribution >= 4 is 34.9 Å². The molecule has 2 unspecified atom stereocenters. The number of imidazole rings is 1. The fourth-order valence-electron chi connectivity index (χ4n) is 2.50. The number of pyridine rings is 1. The number of halogens is 1. The quantitative estimate of drug-likeness (QED) is 0.861. The van der Waals surface area contributed by atoms with Crippen molar-refractivity contribution in [3.05, 3.63) is 22.2 Å². The summed E-state index contributed by atoms with van der Waals surface area (Å²) in [7, 11) is 0. The molecular weight excluding hydrogens is 270 g/mol. The van der Waals surface area contributed by atoms with Crippen molar-refractivity contribution in [1.82, 2.24) is 14.5 Å². The van der Waals surface area contributed by atoms with Crippen LogP contribution in [0.25, 0.3) is 11.0 Å². The van der Waals surface area contributed by atoms with Crippen molar-refractivity contribution in [3.8, 4) is 0 Å². The molecule has 96 valence electrons. The molecular formula is C12H14ClN3OS. The van der Waals surface area contributed by atoms with E-state index < -0.39 is 0 Å². The molecule has 0 spiro atoms. The first-order chi connectivity index (χ1) is 8.66. The smallest absolute Gasteiger partial charge is 0.178 e. The predicted octanol–water partition coefficient (Wildman–Crippen LogP) is 3.17. The lowest BCUT2D eigenvalue weighted by atomic mass is 10.0. The van der Waals surface area contributed by atoms with Gasteiger partial charge < -0.3 is 14.3 Å². The number of nitrogens with zero attached hydrogens (tertiary/aromatic N) is 2.